The fraction of sp³-hybridized carbons (Fsp3) is 0.700. The Bertz CT molecular complexity index is 3380. The maximum atomic E-state index is 9.97. The van der Waals surface area contributed by atoms with Gasteiger partial charge in [0.05, 0.1) is 26.4 Å². The van der Waals surface area contributed by atoms with Gasteiger partial charge in [0.15, 0.2) is 18.3 Å². The Balaban J connectivity index is -0.0000000791. The third-order valence-electron chi connectivity index (χ3n) is 18.5. The molecule has 6 aromatic rings. The third kappa shape index (κ3) is 169. The van der Waals surface area contributed by atoms with E-state index in [4.69, 9.17) is 28.4 Å². The molecule has 0 aromatic heterocycles. The van der Waals surface area contributed by atoms with Gasteiger partial charge < -0.3 is 109 Å². The quantitative estimate of drug-likeness (QED) is 0.00994. The Labute approximate surface area is 936 Å². The molecule has 6 rings (SSSR count). The van der Waals surface area contributed by atoms with Gasteiger partial charge in [-0.2, -0.15) is 75.8 Å². The monoisotopic (exact) mass is 2210 g/mol. The molecule has 0 radical (unpaired) electrons. The van der Waals surface area contributed by atoms with Crippen LogP contribution in [0, 0.1) is 0 Å². The van der Waals surface area contributed by atoms with Crippen molar-refractivity contribution in [3.8, 4) is 46.0 Å². The minimum Gasteiger partial charge on any atom is -0.508 e. The first kappa shape index (κ1) is 184. The molecule has 147 heavy (non-hydrogen) atoms. The van der Waals surface area contributed by atoms with E-state index < -0.39 is 0 Å². The van der Waals surface area contributed by atoms with Crippen LogP contribution in [-0.2, 0) is 43.3 Å². The molecule has 0 atom stereocenters. The zero-order valence-electron chi connectivity index (χ0n) is 98.8. The normalized spacial score (nSPS) is 9.98. The number of aryl methyl sites for hydroxylation is 6. The molecule has 0 fully saturated rings. The lowest BCUT2D eigenvalue weighted by molar-refractivity contribution is 0.0511. The van der Waals surface area contributed by atoms with Crippen molar-refractivity contribution in [1.82, 2.24) is 0 Å². The summed E-state index contributed by atoms with van der Waals surface area (Å²) in [7, 11) is 1.64. The summed E-state index contributed by atoms with van der Waals surface area (Å²) >= 11 is 24.7. The van der Waals surface area contributed by atoms with Crippen molar-refractivity contribution in [3.05, 3.63) is 167 Å². The lowest BCUT2D eigenvalue weighted by Gasteiger charge is -2.09. The summed E-state index contributed by atoms with van der Waals surface area (Å²) in [6.45, 7) is 62.4. The zero-order valence-corrected chi connectivity index (χ0v) is 104. The minimum atomic E-state index is 0. The maximum absolute atomic E-state index is 9.97. The fourth-order valence-corrected chi connectivity index (χ4v) is 11.8. The van der Waals surface area contributed by atoms with Crippen molar-refractivity contribution in [2.45, 2.75) is 505 Å². The van der Waals surface area contributed by atoms with Gasteiger partial charge in [0.2, 0.25) is 0 Å². The Hall–Kier alpha value is -4.70. The number of benzene rings is 6. The summed E-state index contributed by atoms with van der Waals surface area (Å²) < 4.78 is 34.0. The zero-order chi connectivity index (χ0) is 104. The number of hydrogen-bond acceptors (Lipinski definition) is 15. The largest absolute Gasteiger partial charge is 0.508 e. The van der Waals surface area contributed by atoms with Crippen LogP contribution in [0.3, 0.4) is 0 Å². The molecule has 21 nitrogen and oxygen atoms in total. The van der Waals surface area contributed by atoms with Crippen molar-refractivity contribution in [1.29, 1.82) is 0 Å². The van der Waals surface area contributed by atoms with Crippen LogP contribution in [0.1, 0.15) is 471 Å². The van der Waals surface area contributed by atoms with E-state index in [0.29, 0.717) is 30.6 Å². The van der Waals surface area contributed by atoms with Gasteiger partial charge in [-0.25, -0.2) is 0 Å². The highest BCUT2D eigenvalue weighted by Gasteiger charge is 2.09. The lowest BCUT2D eigenvalue weighted by Crippen LogP contribution is -1.99. The number of phenols is 3. The Morgan fingerprint density at radius 2 is 0.442 bits per heavy atom. The number of thiol groups is 6. The molecular formula is C120H240O21S6. The number of ether oxygens (including phenoxy) is 6. The highest BCUT2D eigenvalue weighted by Crippen LogP contribution is 2.30. The van der Waals surface area contributed by atoms with Gasteiger partial charge in [-0.15, -0.1) is 0 Å². The van der Waals surface area contributed by atoms with E-state index in [1.807, 2.05) is 48.5 Å². The van der Waals surface area contributed by atoms with Crippen LogP contribution >= 0.6 is 75.8 Å². The van der Waals surface area contributed by atoms with E-state index in [-0.39, 0.29) is 99.9 Å². The summed E-state index contributed by atoms with van der Waals surface area (Å²) in [5, 5.41) is 29.1. The molecule has 0 heterocycles. The molecule has 0 aliphatic heterocycles. The molecule has 0 spiro atoms. The fourth-order valence-electron chi connectivity index (χ4n) is 11.8. The molecule has 27 N–H and O–H groups in total. The summed E-state index contributed by atoms with van der Waals surface area (Å²) in [5.41, 5.74) is 7.71. The average Bonchev–Trinajstić information content (AvgIpc) is 0.886. The molecule has 0 amide bonds. The number of unbranched alkanes of at least 4 members (excludes halogenated alkanes) is 28. The first-order valence-electron chi connectivity index (χ1n) is 53.1. The van der Waals surface area contributed by atoms with Crippen LogP contribution in [0.25, 0.3) is 0 Å². The smallest absolute Gasteiger partial charge is 0.188 e. The molecule has 0 unspecified atom stereocenters. The van der Waals surface area contributed by atoms with Crippen LogP contribution < -0.4 is 23.7 Å². The van der Waals surface area contributed by atoms with Crippen LogP contribution in [-0.4, -0.2) is 150 Å². The Morgan fingerprint density at radius 1 is 0.211 bits per heavy atom. The van der Waals surface area contributed by atoms with Gasteiger partial charge >= 0.3 is 0 Å². The summed E-state index contributed by atoms with van der Waals surface area (Å²) in [4.78, 5) is 0. The topological polar surface area (TPSA) is 494 Å². The van der Waals surface area contributed by atoms with Crippen molar-refractivity contribution in [3.63, 3.8) is 0 Å². The highest BCUT2D eigenvalue weighted by atomic mass is 32.1. The SMILES string of the molecule is CC(C)(C)S.CC(C)(C)S.CC(C)(C)S.CC(C)(C)S.CC(C)(C)S.CC(C)(C)S.CCCCCCCc1ccc(OCCCC)c(O)c1.CCCCCCCc1ccc(OCCCC)cc1.CCCCCCCc1ccc(OCCCC)cc1O.CCCCCCCc1cccc(O)c1.CCCCCCCc1cccc(OCCCC)c1.CCCCCCCc1cccc(OCOC)c1.O.O.O.O.O.O.O.O.O.O.O.O. The first-order chi connectivity index (χ1) is 63.5. The Kier molecular flexibility index (Phi) is 154. The molecule has 6 aromatic carbocycles. The Morgan fingerprint density at radius 3 is 0.721 bits per heavy atom. The summed E-state index contributed by atoms with van der Waals surface area (Å²) in [6, 6.07) is 44.6. The van der Waals surface area contributed by atoms with Crippen molar-refractivity contribution in [2.24, 2.45) is 0 Å². The van der Waals surface area contributed by atoms with Crippen LogP contribution in [0.4, 0.5) is 0 Å². The van der Waals surface area contributed by atoms with Crippen LogP contribution in [0.5, 0.6) is 46.0 Å². The van der Waals surface area contributed by atoms with E-state index >= 15 is 0 Å². The van der Waals surface area contributed by atoms with Crippen LogP contribution in [0.15, 0.2) is 133 Å². The summed E-state index contributed by atoms with van der Waals surface area (Å²) in [6.07, 6.45) is 55.0. The van der Waals surface area contributed by atoms with Gasteiger partial charge in [0.25, 0.3) is 0 Å². The van der Waals surface area contributed by atoms with E-state index in [1.165, 1.54) is 240 Å². The number of aromatic hydroxyl groups is 3. The van der Waals surface area contributed by atoms with E-state index in [9.17, 15) is 15.3 Å². The predicted molar refractivity (Wildman–Crippen MR) is 668 cm³/mol. The van der Waals surface area contributed by atoms with Crippen molar-refractivity contribution >= 4 is 75.8 Å². The molecule has 0 bridgehead atoms. The van der Waals surface area contributed by atoms with Gasteiger partial charge in [0.1, 0.15) is 34.5 Å². The van der Waals surface area contributed by atoms with E-state index in [1.54, 1.807) is 19.2 Å². The highest BCUT2D eigenvalue weighted by molar-refractivity contribution is 7.82. The predicted octanol–water partition coefficient (Wildman–Crippen LogP) is 29.4. The molecule has 0 aliphatic rings. The van der Waals surface area contributed by atoms with Crippen molar-refractivity contribution in [2.75, 3.05) is 40.3 Å². The van der Waals surface area contributed by atoms with Gasteiger partial charge in [-0.1, -0.05) is 434 Å². The van der Waals surface area contributed by atoms with E-state index in [0.717, 1.165) is 119 Å². The second kappa shape index (κ2) is 123. The first-order valence-corrected chi connectivity index (χ1v) is 55.8. The number of rotatable bonds is 55. The molecule has 882 valence electrons. The third-order valence-corrected chi connectivity index (χ3v) is 18.5. The molecule has 0 saturated carbocycles. The number of methoxy groups -OCH3 is 1. The lowest BCUT2D eigenvalue weighted by atomic mass is 10.0. The average molecular weight is 2210 g/mol. The number of phenolic OH excluding ortho intramolecular Hbond substituents is 3. The maximum Gasteiger partial charge on any atom is 0.188 e. The van der Waals surface area contributed by atoms with Crippen LogP contribution in [0.2, 0.25) is 0 Å². The van der Waals surface area contributed by atoms with Crippen molar-refractivity contribution < 1.29 is 109 Å². The molecule has 27 heteroatoms. The van der Waals surface area contributed by atoms with Gasteiger partial charge in [0, 0.05) is 41.7 Å². The molecule has 0 aliphatic carbocycles. The standard InChI is InChI=1S/2C17H28O2.2C17H28O.C15H24O2.C13H20O.6C4H10S.12H2O/c1-3-5-7-8-9-10-15-11-12-16(14-17(15)18)19-13-6-4-2;1-3-5-7-8-9-10-15-11-12-17(16(18)14-15)19-13-6-4-2;1-3-5-7-8-9-11-16-12-10-13-17(15-16)18-14-6-4-2;1-3-5-7-8-9-10-16-11-13-17(14-12-16)18-15-6-4-2;1-3-4-5-6-7-9-14-10-8-11-15(12-14)17-13-16-2;1-2-3-4-5-6-8-12-9-7-10-13(14)11-12;6*1-4(2,3)5;;;;;;;;;;;;/h2*11-12,14,18H,3-10,13H2,1-2H3;10,12-13,15H,3-9,11,14H2,1-2H3;11-14H,3-10,15H2,1-2H3;8,10-12H,3-7,9,13H2,1-2H3;7,9-11,14H,2-6,8H2,1H3;6*5H,1-3H3;12*1H2. The molecule has 0 saturated heterocycles. The minimum absolute atomic E-state index is 0. The van der Waals surface area contributed by atoms with Gasteiger partial charge in [-0.3, -0.25) is 0 Å². The van der Waals surface area contributed by atoms with Gasteiger partial charge in [-0.05, 0) is 203 Å². The second-order valence-electron chi connectivity index (χ2n) is 41.6. The summed E-state index contributed by atoms with van der Waals surface area (Å²) in [5.74, 6) is 5.39. The number of hydrogen-bond donors (Lipinski definition) is 9. The second-order valence-corrected chi connectivity index (χ2v) is 49.6. The van der Waals surface area contributed by atoms with E-state index in [2.05, 4.69) is 342 Å². The molecular weight excluding hydrogens is 1970 g/mol.